The van der Waals surface area contributed by atoms with Gasteiger partial charge in [0, 0.05) is 17.2 Å². The lowest BCUT2D eigenvalue weighted by Crippen LogP contribution is -2.20. The highest BCUT2D eigenvalue weighted by atomic mass is 19.1. The monoisotopic (exact) mass is 346 g/mol. The molecule has 0 aliphatic carbocycles. The first kappa shape index (κ1) is 17.7. The summed E-state index contributed by atoms with van der Waals surface area (Å²) in [4.78, 5) is 31.9. The maximum atomic E-state index is 13.4. The number of nitrogens with zero attached hydrogens (tertiary/aromatic N) is 3. The van der Waals surface area contributed by atoms with E-state index in [-0.39, 0.29) is 11.1 Å². The van der Waals surface area contributed by atoms with Crippen molar-refractivity contribution in [2.24, 2.45) is 5.10 Å². The number of rotatable bonds is 6. The molecule has 1 amide bonds. The number of hydrogen-bond donors (Lipinski definition) is 1. The predicted molar refractivity (Wildman–Crippen MR) is 85.6 cm³/mol. The molecular weight excluding hydrogens is 335 g/mol. The molecule has 2 aromatic rings. The number of nitro groups is 2. The standard InChI is InChI=1S/C15H11FN4O5/c16-13-4-2-1-3-11(13)9-17-18-15(21)7-10-5-6-12(19(22)23)8-14(10)20(24)25/h1-6,8-9H,7H2,(H,18,21)/b17-9+. The van der Waals surface area contributed by atoms with Gasteiger partial charge in [-0.3, -0.25) is 25.0 Å². The van der Waals surface area contributed by atoms with Crippen LogP contribution in [0.3, 0.4) is 0 Å². The molecular formula is C15H11FN4O5. The normalized spacial score (nSPS) is 10.6. The summed E-state index contributed by atoms with van der Waals surface area (Å²) in [5.74, 6) is -1.21. The van der Waals surface area contributed by atoms with Crippen LogP contribution in [-0.4, -0.2) is 22.0 Å². The summed E-state index contributed by atoms with van der Waals surface area (Å²) >= 11 is 0. The molecule has 9 nitrogen and oxygen atoms in total. The number of nitrogens with one attached hydrogen (secondary N) is 1. The minimum Gasteiger partial charge on any atom is -0.273 e. The fourth-order valence-corrected chi connectivity index (χ4v) is 1.95. The van der Waals surface area contributed by atoms with E-state index in [0.717, 1.165) is 24.4 Å². The van der Waals surface area contributed by atoms with E-state index in [2.05, 4.69) is 10.5 Å². The Bertz CT molecular complexity index is 869. The average Bonchev–Trinajstić information content (AvgIpc) is 2.56. The van der Waals surface area contributed by atoms with Crippen LogP contribution in [0, 0.1) is 26.0 Å². The number of hydrogen-bond acceptors (Lipinski definition) is 6. The van der Waals surface area contributed by atoms with Crippen molar-refractivity contribution >= 4 is 23.5 Å². The van der Waals surface area contributed by atoms with Crippen LogP contribution in [0.5, 0.6) is 0 Å². The fraction of sp³-hybridized carbons (Fsp3) is 0.0667. The van der Waals surface area contributed by atoms with E-state index in [4.69, 9.17) is 0 Å². The molecule has 1 N–H and O–H groups in total. The summed E-state index contributed by atoms with van der Waals surface area (Å²) < 4.78 is 13.4. The van der Waals surface area contributed by atoms with Gasteiger partial charge in [-0.2, -0.15) is 5.10 Å². The summed E-state index contributed by atoms with van der Waals surface area (Å²) in [6, 6.07) is 8.75. The number of amides is 1. The van der Waals surface area contributed by atoms with Gasteiger partial charge in [0.05, 0.1) is 28.5 Å². The smallest absolute Gasteiger partial charge is 0.273 e. The number of carbonyl (C=O) groups excluding carboxylic acids is 1. The lowest BCUT2D eigenvalue weighted by Gasteiger charge is -2.02. The molecule has 25 heavy (non-hydrogen) atoms. The van der Waals surface area contributed by atoms with Crippen LogP contribution in [0.15, 0.2) is 47.6 Å². The molecule has 0 saturated carbocycles. The molecule has 0 atom stereocenters. The van der Waals surface area contributed by atoms with Crippen molar-refractivity contribution in [3.63, 3.8) is 0 Å². The third kappa shape index (κ3) is 4.64. The number of hydrazone groups is 1. The molecule has 0 aliphatic heterocycles. The van der Waals surface area contributed by atoms with Gasteiger partial charge in [-0.1, -0.05) is 18.2 Å². The zero-order chi connectivity index (χ0) is 18.4. The van der Waals surface area contributed by atoms with Crippen molar-refractivity contribution in [3.8, 4) is 0 Å². The highest BCUT2D eigenvalue weighted by Gasteiger charge is 2.20. The second-order valence-electron chi connectivity index (χ2n) is 4.82. The van der Waals surface area contributed by atoms with E-state index in [1.165, 1.54) is 18.2 Å². The molecule has 0 spiro atoms. The Morgan fingerprint density at radius 3 is 2.52 bits per heavy atom. The fourth-order valence-electron chi connectivity index (χ4n) is 1.95. The lowest BCUT2D eigenvalue weighted by molar-refractivity contribution is -0.394. The number of nitro benzene ring substituents is 2. The lowest BCUT2D eigenvalue weighted by atomic mass is 10.1. The Hall–Kier alpha value is -3.69. The first-order chi connectivity index (χ1) is 11.9. The molecule has 0 radical (unpaired) electrons. The van der Waals surface area contributed by atoms with Crippen LogP contribution >= 0.6 is 0 Å². The van der Waals surface area contributed by atoms with Gasteiger partial charge in [0.2, 0.25) is 5.91 Å². The summed E-state index contributed by atoms with van der Waals surface area (Å²) in [6.07, 6.45) is 0.681. The molecule has 0 unspecified atom stereocenters. The third-order valence-electron chi connectivity index (χ3n) is 3.13. The van der Waals surface area contributed by atoms with Crippen LogP contribution in [0.4, 0.5) is 15.8 Å². The highest BCUT2D eigenvalue weighted by Crippen LogP contribution is 2.24. The van der Waals surface area contributed by atoms with E-state index in [0.29, 0.717) is 0 Å². The number of benzene rings is 2. The molecule has 0 saturated heterocycles. The summed E-state index contributed by atoms with van der Waals surface area (Å²) in [7, 11) is 0. The molecule has 128 valence electrons. The Labute approximate surface area is 140 Å². The summed E-state index contributed by atoms with van der Waals surface area (Å²) in [5.41, 5.74) is 1.28. The van der Waals surface area contributed by atoms with Crippen molar-refractivity contribution in [2.45, 2.75) is 6.42 Å². The third-order valence-corrected chi connectivity index (χ3v) is 3.13. The van der Waals surface area contributed by atoms with Crippen LogP contribution in [0.25, 0.3) is 0 Å². The molecule has 2 aromatic carbocycles. The van der Waals surface area contributed by atoms with E-state index in [1.54, 1.807) is 6.07 Å². The topological polar surface area (TPSA) is 128 Å². The minimum absolute atomic E-state index is 0.00538. The van der Waals surface area contributed by atoms with Gasteiger partial charge in [0.1, 0.15) is 5.82 Å². The Morgan fingerprint density at radius 2 is 1.88 bits per heavy atom. The molecule has 0 aromatic heterocycles. The summed E-state index contributed by atoms with van der Waals surface area (Å²) in [5, 5.41) is 25.2. The van der Waals surface area contributed by atoms with Crippen molar-refractivity contribution in [3.05, 3.63) is 79.6 Å². The van der Waals surface area contributed by atoms with Crippen molar-refractivity contribution in [2.75, 3.05) is 0 Å². The second-order valence-corrected chi connectivity index (χ2v) is 4.82. The average molecular weight is 346 g/mol. The van der Waals surface area contributed by atoms with Crippen molar-refractivity contribution in [1.29, 1.82) is 0 Å². The Kier molecular flexibility index (Phi) is 5.46. The maximum absolute atomic E-state index is 13.4. The quantitative estimate of drug-likeness (QED) is 0.488. The molecule has 2 rings (SSSR count). The summed E-state index contributed by atoms with van der Waals surface area (Å²) in [6.45, 7) is 0. The van der Waals surface area contributed by atoms with Gasteiger partial charge < -0.3 is 0 Å². The second kappa shape index (κ2) is 7.73. The van der Waals surface area contributed by atoms with E-state index in [1.807, 2.05) is 0 Å². The SMILES string of the molecule is O=C(Cc1ccc([N+](=O)[O-])cc1[N+](=O)[O-])N/N=C/c1ccccc1F. The van der Waals surface area contributed by atoms with Crippen LogP contribution in [0.2, 0.25) is 0 Å². The van der Waals surface area contributed by atoms with Crippen molar-refractivity contribution in [1.82, 2.24) is 5.43 Å². The largest absolute Gasteiger partial charge is 0.279 e. The molecule has 0 bridgehead atoms. The Balaban J connectivity index is 2.09. The number of non-ortho nitro benzene ring substituents is 1. The van der Waals surface area contributed by atoms with Gasteiger partial charge in [-0.05, 0) is 12.1 Å². The van der Waals surface area contributed by atoms with Gasteiger partial charge in [-0.15, -0.1) is 0 Å². The van der Waals surface area contributed by atoms with Crippen molar-refractivity contribution < 1.29 is 19.0 Å². The van der Waals surface area contributed by atoms with Crippen LogP contribution < -0.4 is 5.43 Å². The first-order valence-electron chi connectivity index (χ1n) is 6.86. The van der Waals surface area contributed by atoms with Gasteiger partial charge >= 0.3 is 0 Å². The molecule has 0 heterocycles. The molecule has 10 heteroatoms. The first-order valence-corrected chi connectivity index (χ1v) is 6.86. The maximum Gasteiger partial charge on any atom is 0.279 e. The van der Waals surface area contributed by atoms with Crippen LogP contribution in [0.1, 0.15) is 11.1 Å². The van der Waals surface area contributed by atoms with Gasteiger partial charge in [-0.25, -0.2) is 9.82 Å². The molecule has 0 fully saturated rings. The zero-order valence-electron chi connectivity index (χ0n) is 12.6. The highest BCUT2D eigenvalue weighted by molar-refractivity contribution is 5.84. The van der Waals surface area contributed by atoms with Gasteiger partial charge in [0.25, 0.3) is 11.4 Å². The number of carbonyl (C=O) groups is 1. The van der Waals surface area contributed by atoms with E-state index >= 15 is 0 Å². The minimum atomic E-state index is -0.807. The molecule has 0 aliphatic rings. The van der Waals surface area contributed by atoms with E-state index < -0.39 is 39.4 Å². The number of halogens is 1. The Morgan fingerprint density at radius 1 is 1.16 bits per heavy atom. The van der Waals surface area contributed by atoms with Gasteiger partial charge in [0.15, 0.2) is 0 Å². The van der Waals surface area contributed by atoms with Crippen LogP contribution in [-0.2, 0) is 11.2 Å². The van der Waals surface area contributed by atoms with E-state index in [9.17, 15) is 29.4 Å². The predicted octanol–water partition coefficient (Wildman–Crippen LogP) is 2.33. The zero-order valence-corrected chi connectivity index (χ0v) is 12.6.